The van der Waals surface area contributed by atoms with Crippen molar-refractivity contribution in [3.63, 3.8) is 0 Å². The van der Waals surface area contributed by atoms with Crippen LogP contribution in [0.3, 0.4) is 0 Å². The summed E-state index contributed by atoms with van der Waals surface area (Å²) in [5.41, 5.74) is 2.18. The molecule has 0 aliphatic carbocycles. The number of nitrogens with zero attached hydrogens (tertiary/aromatic N) is 2. The third-order valence-electron chi connectivity index (χ3n) is 3.81. The quantitative estimate of drug-likeness (QED) is 0.424. The van der Waals surface area contributed by atoms with Gasteiger partial charge in [-0.3, -0.25) is 4.79 Å². The lowest BCUT2D eigenvalue weighted by Crippen LogP contribution is -2.36. The van der Waals surface area contributed by atoms with Crippen LogP contribution in [0, 0.1) is 25.2 Å². The first-order valence-corrected chi connectivity index (χ1v) is 8.38. The van der Waals surface area contributed by atoms with Crippen molar-refractivity contribution >= 4 is 18.0 Å². The van der Waals surface area contributed by atoms with Gasteiger partial charge in [0.2, 0.25) is 0 Å². The first-order chi connectivity index (χ1) is 12.6. The van der Waals surface area contributed by atoms with Gasteiger partial charge in [-0.2, -0.15) is 18.4 Å². The Hall–Kier alpha value is -2.76. The highest BCUT2D eigenvalue weighted by Gasteiger charge is 2.28. The molecule has 1 aromatic rings. The van der Waals surface area contributed by atoms with Crippen molar-refractivity contribution in [2.24, 2.45) is 0 Å². The molecule has 0 saturated carbocycles. The lowest BCUT2D eigenvalue weighted by molar-refractivity contribution is -0.148. The number of halogens is 3. The maximum absolute atomic E-state index is 12.0. The molecule has 6 nitrogen and oxygen atoms in total. The first kappa shape index (κ1) is 22.3. The molecule has 0 radical (unpaired) electrons. The number of aromatic nitrogens is 1. The third kappa shape index (κ3) is 7.17. The molecule has 27 heavy (non-hydrogen) atoms. The number of hydrogen-bond donors (Lipinski definition) is 1. The average Bonchev–Trinajstić information content (AvgIpc) is 2.86. The van der Waals surface area contributed by atoms with E-state index in [9.17, 15) is 22.8 Å². The van der Waals surface area contributed by atoms with Crippen LogP contribution < -0.4 is 5.32 Å². The van der Waals surface area contributed by atoms with E-state index in [0.717, 1.165) is 30.8 Å². The molecule has 148 valence electrons. The van der Waals surface area contributed by atoms with Crippen LogP contribution >= 0.6 is 0 Å². The second-order valence-corrected chi connectivity index (χ2v) is 5.97. The molecule has 0 unspecified atom stereocenters. The number of hydrogen-bond acceptors (Lipinski definition) is 4. The van der Waals surface area contributed by atoms with Crippen molar-refractivity contribution < 1.29 is 27.5 Å². The second kappa shape index (κ2) is 9.80. The third-order valence-corrected chi connectivity index (χ3v) is 3.81. The van der Waals surface area contributed by atoms with Gasteiger partial charge in [0.25, 0.3) is 5.91 Å². The molecular weight excluding hydrogens is 363 g/mol. The predicted octanol–water partition coefficient (Wildman–Crippen LogP) is 3.03. The number of nitrogens with one attached hydrogen (secondary N) is 1. The Morgan fingerprint density at radius 1 is 1.37 bits per heavy atom. The maximum Gasteiger partial charge on any atom is 0.405 e. The number of carbonyl (C=O) groups excluding carboxylic acids is 2. The van der Waals surface area contributed by atoms with E-state index in [2.05, 4.69) is 16.2 Å². The Morgan fingerprint density at radius 3 is 2.59 bits per heavy atom. The van der Waals surface area contributed by atoms with Crippen molar-refractivity contribution in [3.8, 4) is 6.07 Å². The number of unbranched alkanes of at least 4 members (excludes halogenated alkanes) is 1. The van der Waals surface area contributed by atoms with Crippen LogP contribution in [-0.2, 0) is 20.9 Å². The number of alkyl halides is 3. The molecule has 1 amide bonds. The summed E-state index contributed by atoms with van der Waals surface area (Å²) in [6.45, 7) is 4.24. The van der Waals surface area contributed by atoms with Gasteiger partial charge < -0.3 is 14.6 Å². The molecule has 1 heterocycles. The standard InChI is InChI=1S/C18H22F3N3O3/c1-4-5-6-24-12(2)7-14(13(24)3)8-15(9-22)17(26)27-10-16(25)23-11-18(19,20)21/h7-8H,4-6,10-11H2,1-3H3,(H,23,25)/b15-8+. The van der Waals surface area contributed by atoms with Crippen LogP contribution in [0.15, 0.2) is 11.6 Å². The molecule has 1 rings (SSSR count). The van der Waals surface area contributed by atoms with Gasteiger partial charge in [-0.15, -0.1) is 0 Å². The van der Waals surface area contributed by atoms with Crippen LogP contribution in [-0.4, -0.2) is 35.8 Å². The highest BCUT2D eigenvalue weighted by atomic mass is 19.4. The van der Waals surface area contributed by atoms with Gasteiger partial charge in [-0.1, -0.05) is 13.3 Å². The van der Waals surface area contributed by atoms with Crippen molar-refractivity contribution in [2.75, 3.05) is 13.2 Å². The average molecular weight is 385 g/mol. The smallest absolute Gasteiger partial charge is 0.405 e. The summed E-state index contributed by atoms with van der Waals surface area (Å²) in [5, 5.41) is 10.7. The summed E-state index contributed by atoms with van der Waals surface area (Å²) in [4.78, 5) is 23.2. The van der Waals surface area contributed by atoms with Crippen LogP contribution in [0.5, 0.6) is 0 Å². The Balaban J connectivity index is 2.79. The molecule has 0 saturated heterocycles. The Bertz CT molecular complexity index is 758. The van der Waals surface area contributed by atoms with Crippen LogP contribution in [0.1, 0.15) is 36.7 Å². The highest BCUT2D eigenvalue weighted by molar-refractivity contribution is 5.99. The molecule has 0 bridgehead atoms. The van der Waals surface area contributed by atoms with E-state index in [1.807, 2.05) is 19.9 Å². The van der Waals surface area contributed by atoms with E-state index in [1.54, 1.807) is 11.4 Å². The molecule has 0 spiro atoms. The largest absolute Gasteiger partial charge is 0.451 e. The zero-order valence-corrected chi connectivity index (χ0v) is 15.4. The fourth-order valence-electron chi connectivity index (χ4n) is 2.39. The summed E-state index contributed by atoms with van der Waals surface area (Å²) in [6, 6.07) is 3.52. The molecule has 1 aromatic heterocycles. The summed E-state index contributed by atoms with van der Waals surface area (Å²) in [7, 11) is 0. The van der Waals surface area contributed by atoms with Crippen LogP contribution in [0.4, 0.5) is 13.2 Å². The second-order valence-electron chi connectivity index (χ2n) is 5.97. The van der Waals surface area contributed by atoms with Gasteiger partial charge in [0.15, 0.2) is 6.61 Å². The number of ether oxygens (including phenoxy) is 1. The SMILES string of the molecule is CCCCn1c(C)cc(/C=C(\C#N)C(=O)OCC(=O)NCC(F)(F)F)c1C. The lowest BCUT2D eigenvalue weighted by atomic mass is 10.1. The van der Waals surface area contributed by atoms with E-state index in [1.165, 1.54) is 6.08 Å². The van der Waals surface area contributed by atoms with Crippen LogP contribution in [0.25, 0.3) is 6.08 Å². The number of aryl methyl sites for hydroxylation is 1. The molecule has 0 aliphatic rings. The fourth-order valence-corrected chi connectivity index (χ4v) is 2.39. The van der Waals surface area contributed by atoms with Crippen LogP contribution in [0.2, 0.25) is 0 Å². The van der Waals surface area contributed by atoms with Crippen molar-refractivity contribution in [2.45, 2.75) is 46.3 Å². The summed E-state index contributed by atoms with van der Waals surface area (Å²) < 4.78 is 42.7. The van der Waals surface area contributed by atoms with Crippen molar-refractivity contribution in [3.05, 3.63) is 28.6 Å². The number of nitriles is 1. The number of esters is 1. The zero-order valence-electron chi connectivity index (χ0n) is 15.4. The van der Waals surface area contributed by atoms with Gasteiger partial charge in [0, 0.05) is 17.9 Å². The molecule has 0 aromatic carbocycles. The van der Waals surface area contributed by atoms with E-state index >= 15 is 0 Å². The monoisotopic (exact) mass is 385 g/mol. The molecule has 0 fully saturated rings. The van der Waals surface area contributed by atoms with Crippen molar-refractivity contribution in [1.82, 2.24) is 9.88 Å². The van der Waals surface area contributed by atoms with Gasteiger partial charge >= 0.3 is 12.1 Å². The Kier molecular flexibility index (Phi) is 8.09. The zero-order chi connectivity index (χ0) is 20.6. The number of rotatable bonds is 8. The van der Waals surface area contributed by atoms with E-state index < -0.39 is 31.2 Å². The summed E-state index contributed by atoms with van der Waals surface area (Å²) in [6.07, 6.45) is -1.20. The minimum absolute atomic E-state index is 0.339. The molecule has 0 atom stereocenters. The molecule has 0 aliphatic heterocycles. The van der Waals surface area contributed by atoms with Gasteiger partial charge in [0.05, 0.1) is 0 Å². The first-order valence-electron chi connectivity index (χ1n) is 8.38. The predicted molar refractivity (Wildman–Crippen MR) is 92.4 cm³/mol. The van der Waals surface area contributed by atoms with Gasteiger partial charge in [-0.25, -0.2) is 4.79 Å². The Labute approximate surface area is 155 Å². The van der Waals surface area contributed by atoms with E-state index in [4.69, 9.17) is 5.26 Å². The van der Waals surface area contributed by atoms with E-state index in [0.29, 0.717) is 5.56 Å². The van der Waals surface area contributed by atoms with Gasteiger partial charge in [-0.05, 0) is 38.0 Å². The normalized spacial score (nSPS) is 11.8. The molecule has 9 heteroatoms. The topological polar surface area (TPSA) is 84.1 Å². The minimum Gasteiger partial charge on any atom is -0.451 e. The minimum atomic E-state index is -4.56. The number of carbonyl (C=O) groups is 2. The lowest BCUT2D eigenvalue weighted by Gasteiger charge is -2.09. The van der Waals surface area contributed by atoms with Gasteiger partial charge in [0.1, 0.15) is 18.2 Å². The fraction of sp³-hybridized carbons (Fsp3) is 0.500. The molecule has 1 N–H and O–H groups in total. The maximum atomic E-state index is 12.0. The summed E-state index contributed by atoms with van der Waals surface area (Å²) in [5.74, 6) is -2.17. The Morgan fingerprint density at radius 2 is 2.04 bits per heavy atom. The molecular formula is C18H22F3N3O3. The highest BCUT2D eigenvalue weighted by Crippen LogP contribution is 2.19. The summed E-state index contributed by atoms with van der Waals surface area (Å²) >= 11 is 0. The number of amides is 1. The van der Waals surface area contributed by atoms with E-state index in [-0.39, 0.29) is 5.57 Å². The van der Waals surface area contributed by atoms with Crippen molar-refractivity contribution in [1.29, 1.82) is 5.26 Å².